The minimum Gasteiger partial charge on any atom is -0.325 e. The number of hydrogen-bond donors (Lipinski definition) is 3. The van der Waals surface area contributed by atoms with Gasteiger partial charge in [-0.05, 0) is 43.5 Å². The summed E-state index contributed by atoms with van der Waals surface area (Å²) in [7, 11) is -7.14. The smallest absolute Gasteiger partial charge is 0.325 e. The van der Waals surface area contributed by atoms with Crippen molar-refractivity contribution in [3.8, 4) is 0 Å². The van der Waals surface area contributed by atoms with E-state index >= 15 is 0 Å². The van der Waals surface area contributed by atoms with Crippen molar-refractivity contribution in [1.82, 2.24) is 14.9 Å². The van der Waals surface area contributed by atoms with Crippen LogP contribution in [0.15, 0.2) is 29.2 Å². The maximum Gasteiger partial charge on any atom is 0.325 e. The van der Waals surface area contributed by atoms with Gasteiger partial charge >= 0.3 is 6.03 Å². The van der Waals surface area contributed by atoms with Crippen LogP contribution in [0.1, 0.15) is 32.1 Å². The summed E-state index contributed by atoms with van der Waals surface area (Å²) >= 11 is 0. The van der Waals surface area contributed by atoms with Crippen molar-refractivity contribution >= 4 is 43.4 Å². The first-order valence-corrected chi connectivity index (χ1v) is 13.6. The Balaban J connectivity index is 1.36. The predicted octanol–water partition coefficient (Wildman–Crippen LogP) is -0.0449. The number of urea groups is 1. The largest absolute Gasteiger partial charge is 0.325 e. The number of carbonyl (C=O) groups is 3. The van der Waals surface area contributed by atoms with Crippen LogP contribution in [0.2, 0.25) is 0 Å². The van der Waals surface area contributed by atoms with Crippen LogP contribution in [0, 0.1) is 0 Å². The lowest BCUT2D eigenvalue weighted by atomic mass is 9.98. The Bertz CT molecular complexity index is 1160. The molecule has 2 heterocycles. The summed E-state index contributed by atoms with van der Waals surface area (Å²) in [5, 5.41) is 5.25. The molecule has 3 aliphatic rings. The molecule has 13 heteroatoms. The highest BCUT2D eigenvalue weighted by Gasteiger charge is 2.52. The monoisotopic (exact) mass is 484 g/mol. The van der Waals surface area contributed by atoms with Crippen LogP contribution >= 0.6 is 0 Å². The molecule has 1 saturated carbocycles. The molecule has 174 valence electrons. The molecule has 2 aliphatic heterocycles. The summed E-state index contributed by atoms with van der Waals surface area (Å²) in [5.74, 6) is -1.26. The van der Waals surface area contributed by atoms with E-state index in [0.717, 1.165) is 17.7 Å². The first-order valence-electron chi connectivity index (χ1n) is 10.3. The fraction of sp³-hybridized carbons (Fsp3) is 0.526. The third-order valence-electron chi connectivity index (χ3n) is 6.01. The van der Waals surface area contributed by atoms with Crippen molar-refractivity contribution < 1.29 is 31.2 Å². The number of imide groups is 1. The third-order valence-corrected chi connectivity index (χ3v) is 9.31. The number of amides is 4. The Morgan fingerprint density at radius 2 is 1.81 bits per heavy atom. The van der Waals surface area contributed by atoms with E-state index in [1.54, 1.807) is 0 Å². The van der Waals surface area contributed by atoms with Crippen LogP contribution in [0.5, 0.6) is 0 Å². The van der Waals surface area contributed by atoms with Crippen molar-refractivity contribution in [2.45, 2.75) is 48.6 Å². The molecule has 2 saturated heterocycles. The molecule has 0 bridgehead atoms. The molecule has 1 atom stereocenters. The minimum atomic E-state index is -3.92. The highest BCUT2D eigenvalue weighted by Crippen LogP contribution is 2.34. The van der Waals surface area contributed by atoms with Gasteiger partial charge in [0.15, 0.2) is 9.84 Å². The van der Waals surface area contributed by atoms with Crippen molar-refractivity contribution in [3.05, 3.63) is 24.3 Å². The van der Waals surface area contributed by atoms with Crippen LogP contribution in [0.4, 0.5) is 10.5 Å². The van der Waals surface area contributed by atoms with Crippen LogP contribution in [0.25, 0.3) is 0 Å². The fourth-order valence-electron chi connectivity index (χ4n) is 4.37. The second-order valence-corrected chi connectivity index (χ2v) is 12.3. The van der Waals surface area contributed by atoms with Crippen molar-refractivity contribution in [1.29, 1.82) is 0 Å². The van der Waals surface area contributed by atoms with Gasteiger partial charge < -0.3 is 10.6 Å². The van der Waals surface area contributed by atoms with Crippen LogP contribution in [0.3, 0.4) is 0 Å². The molecule has 3 fully saturated rings. The molecule has 0 aromatic heterocycles. The molecule has 1 spiro atoms. The highest BCUT2D eigenvalue weighted by molar-refractivity contribution is 7.92. The van der Waals surface area contributed by atoms with Gasteiger partial charge in [-0.2, -0.15) is 0 Å². The average molecular weight is 485 g/mol. The standard InChI is InChI=1S/C19H24N4O7S2/c24-16(11-23-17(25)19(21-18(23)26)8-1-2-9-19)20-13-3-5-15(6-4-13)32(29,30)22-14-7-10-31(27,28)12-14/h3-6,14,22H,1-2,7-12H2,(H,20,24)(H,21,26). The third kappa shape index (κ3) is 4.50. The van der Waals surface area contributed by atoms with E-state index in [-0.39, 0.29) is 22.8 Å². The van der Waals surface area contributed by atoms with Crippen LogP contribution in [-0.2, 0) is 29.4 Å². The molecule has 4 rings (SSSR count). The zero-order valence-corrected chi connectivity index (χ0v) is 18.8. The Hall–Kier alpha value is -2.51. The Morgan fingerprint density at radius 1 is 1.16 bits per heavy atom. The molecule has 3 N–H and O–H groups in total. The quantitative estimate of drug-likeness (QED) is 0.478. The number of nitrogens with zero attached hydrogens (tertiary/aromatic N) is 1. The maximum atomic E-state index is 12.6. The number of anilines is 1. The first kappa shape index (κ1) is 22.7. The molecule has 32 heavy (non-hydrogen) atoms. The summed E-state index contributed by atoms with van der Waals surface area (Å²) in [6.07, 6.45) is 3.03. The number of hydrogen-bond acceptors (Lipinski definition) is 7. The second-order valence-electron chi connectivity index (χ2n) is 8.40. The van der Waals surface area contributed by atoms with Gasteiger partial charge in [0.05, 0.1) is 16.4 Å². The summed E-state index contributed by atoms with van der Waals surface area (Å²) in [5.41, 5.74) is -0.598. The number of benzene rings is 1. The lowest BCUT2D eigenvalue weighted by molar-refractivity contribution is -0.133. The molecule has 1 unspecified atom stereocenters. The van der Waals surface area contributed by atoms with Gasteiger partial charge in [-0.15, -0.1) is 0 Å². The summed E-state index contributed by atoms with van der Waals surface area (Å²) in [6.45, 7) is -0.440. The zero-order chi connectivity index (χ0) is 23.1. The Morgan fingerprint density at radius 3 is 2.41 bits per heavy atom. The molecule has 1 aromatic rings. The first-order chi connectivity index (χ1) is 15.0. The van der Waals surface area contributed by atoms with E-state index in [1.807, 2.05) is 0 Å². The molecule has 4 amide bonds. The number of carbonyl (C=O) groups excluding carboxylic acids is 3. The number of rotatable bonds is 6. The normalized spacial score (nSPS) is 24.1. The topological polar surface area (TPSA) is 159 Å². The maximum absolute atomic E-state index is 12.6. The number of sulfone groups is 1. The van der Waals surface area contributed by atoms with E-state index in [1.165, 1.54) is 24.3 Å². The van der Waals surface area contributed by atoms with E-state index in [4.69, 9.17) is 0 Å². The van der Waals surface area contributed by atoms with Crippen LogP contribution in [-0.4, -0.2) is 69.2 Å². The number of sulfonamides is 1. The van der Waals surface area contributed by atoms with Gasteiger partial charge in [0.1, 0.15) is 12.1 Å². The van der Waals surface area contributed by atoms with Gasteiger partial charge in [0.25, 0.3) is 5.91 Å². The highest BCUT2D eigenvalue weighted by atomic mass is 32.2. The van der Waals surface area contributed by atoms with E-state index in [9.17, 15) is 31.2 Å². The lowest BCUT2D eigenvalue weighted by Gasteiger charge is -2.19. The van der Waals surface area contributed by atoms with Crippen molar-refractivity contribution in [3.63, 3.8) is 0 Å². The predicted molar refractivity (Wildman–Crippen MR) is 114 cm³/mol. The average Bonchev–Trinajstić information content (AvgIpc) is 3.37. The summed E-state index contributed by atoms with van der Waals surface area (Å²) in [4.78, 5) is 38.0. The molecular weight excluding hydrogens is 460 g/mol. The van der Waals surface area contributed by atoms with E-state index in [0.29, 0.717) is 18.5 Å². The Kier molecular flexibility index (Phi) is 5.75. The Labute approximate surface area is 185 Å². The lowest BCUT2D eigenvalue weighted by Crippen LogP contribution is -2.44. The summed E-state index contributed by atoms with van der Waals surface area (Å²) in [6, 6.07) is 4.06. The van der Waals surface area contributed by atoms with Gasteiger partial charge in [-0.1, -0.05) is 12.8 Å². The van der Waals surface area contributed by atoms with Crippen molar-refractivity contribution in [2.75, 3.05) is 23.4 Å². The van der Waals surface area contributed by atoms with E-state index in [2.05, 4.69) is 15.4 Å². The zero-order valence-electron chi connectivity index (χ0n) is 17.2. The fourth-order valence-corrected chi connectivity index (χ4v) is 7.42. The number of nitrogens with one attached hydrogen (secondary N) is 3. The molecule has 0 radical (unpaired) electrons. The summed E-state index contributed by atoms with van der Waals surface area (Å²) < 4.78 is 50.4. The van der Waals surface area contributed by atoms with Gasteiger partial charge in [0.2, 0.25) is 15.9 Å². The molecule has 1 aliphatic carbocycles. The van der Waals surface area contributed by atoms with Gasteiger partial charge in [0, 0.05) is 11.7 Å². The van der Waals surface area contributed by atoms with Crippen molar-refractivity contribution in [2.24, 2.45) is 0 Å². The molecule has 11 nitrogen and oxygen atoms in total. The van der Waals surface area contributed by atoms with Gasteiger partial charge in [-0.25, -0.2) is 26.4 Å². The molecular formula is C19H24N4O7S2. The minimum absolute atomic E-state index is 0.0518. The van der Waals surface area contributed by atoms with Crippen LogP contribution < -0.4 is 15.4 Å². The molecule has 1 aromatic carbocycles. The van der Waals surface area contributed by atoms with E-state index < -0.39 is 55.8 Å². The second kappa shape index (κ2) is 8.12. The SMILES string of the molecule is O=C(CN1C(=O)NC2(CCCC2)C1=O)Nc1ccc(S(=O)(=O)NC2CCS(=O)(=O)C2)cc1. The van der Waals surface area contributed by atoms with Gasteiger partial charge in [-0.3, -0.25) is 14.5 Å².